The lowest BCUT2D eigenvalue weighted by molar-refractivity contribution is -0.0300. The van der Waals surface area contributed by atoms with Crippen LogP contribution in [-0.2, 0) is 0 Å². The first kappa shape index (κ1) is 13.3. The predicted molar refractivity (Wildman–Crippen MR) is 76.8 cm³/mol. The lowest BCUT2D eigenvalue weighted by Gasteiger charge is -2.45. The molecule has 6 heteroatoms. The zero-order valence-electron chi connectivity index (χ0n) is 11.6. The molecular weight excluding hydrogens is 260 g/mol. The maximum absolute atomic E-state index is 9.37. The van der Waals surface area contributed by atoms with Gasteiger partial charge < -0.3 is 10.0 Å². The summed E-state index contributed by atoms with van der Waals surface area (Å²) in [4.78, 5) is 4.76. The van der Waals surface area contributed by atoms with Crippen molar-refractivity contribution in [3.8, 4) is 0 Å². The summed E-state index contributed by atoms with van der Waals surface area (Å²) >= 11 is 1.73. The molecule has 0 radical (unpaired) electrons. The smallest absolute Gasteiger partial charge is 0.208 e. The van der Waals surface area contributed by atoms with Gasteiger partial charge >= 0.3 is 0 Å². The molecule has 3 rings (SSSR count). The van der Waals surface area contributed by atoms with Gasteiger partial charge in [-0.3, -0.25) is 4.90 Å². The first-order valence-corrected chi connectivity index (χ1v) is 7.95. The average Bonchev–Trinajstić information content (AvgIpc) is 2.85. The Kier molecular flexibility index (Phi) is 3.73. The highest BCUT2D eigenvalue weighted by Gasteiger charge is 2.33. The van der Waals surface area contributed by atoms with E-state index < -0.39 is 0 Å². The van der Waals surface area contributed by atoms with Gasteiger partial charge in [0, 0.05) is 38.1 Å². The van der Waals surface area contributed by atoms with Crippen molar-refractivity contribution in [3.63, 3.8) is 0 Å². The third-order valence-electron chi connectivity index (χ3n) is 4.07. The van der Waals surface area contributed by atoms with Crippen molar-refractivity contribution in [2.75, 3.05) is 31.1 Å². The van der Waals surface area contributed by atoms with Gasteiger partial charge in [-0.1, -0.05) is 25.2 Å². The highest BCUT2D eigenvalue weighted by Crippen LogP contribution is 2.29. The minimum atomic E-state index is -0.0882. The molecule has 2 aliphatic heterocycles. The van der Waals surface area contributed by atoms with E-state index in [1.807, 2.05) is 0 Å². The molecule has 0 atom stereocenters. The highest BCUT2D eigenvalue weighted by molar-refractivity contribution is 7.15. The molecule has 1 aromatic heterocycles. The number of β-amino-alcohol motifs (C(OH)–C–C–N with tert-alkyl or cyclic N) is 1. The van der Waals surface area contributed by atoms with E-state index in [0.717, 1.165) is 36.3 Å². The normalized spacial score (nSPS) is 23.1. The Bertz CT molecular complexity index is 422. The van der Waals surface area contributed by atoms with Crippen LogP contribution < -0.4 is 4.90 Å². The van der Waals surface area contributed by atoms with Crippen LogP contribution in [0.15, 0.2) is 0 Å². The quantitative estimate of drug-likeness (QED) is 0.906. The van der Waals surface area contributed by atoms with Crippen LogP contribution in [0.25, 0.3) is 0 Å². The molecule has 3 heterocycles. The summed E-state index contributed by atoms with van der Waals surface area (Å²) in [7, 11) is 0. The second-order valence-electron chi connectivity index (χ2n) is 5.90. The van der Waals surface area contributed by atoms with E-state index >= 15 is 0 Å². The molecule has 0 saturated carbocycles. The maximum Gasteiger partial charge on any atom is 0.208 e. The van der Waals surface area contributed by atoms with Gasteiger partial charge in [0.1, 0.15) is 5.01 Å². The van der Waals surface area contributed by atoms with Crippen LogP contribution in [0.3, 0.4) is 0 Å². The molecular formula is C13H22N4OS. The summed E-state index contributed by atoms with van der Waals surface area (Å²) in [6.07, 6.45) is 2.25. The molecule has 106 valence electrons. The molecule has 0 aromatic carbocycles. The number of likely N-dealkylation sites (tertiary alicyclic amines) is 1. The van der Waals surface area contributed by atoms with Crippen molar-refractivity contribution in [2.24, 2.45) is 0 Å². The predicted octanol–water partition coefficient (Wildman–Crippen LogP) is 1.31. The molecule has 1 aromatic rings. The Hall–Kier alpha value is -0.720. The molecule has 0 amide bonds. The minimum absolute atomic E-state index is 0.0882. The highest BCUT2D eigenvalue weighted by atomic mass is 32.1. The second kappa shape index (κ2) is 5.34. The van der Waals surface area contributed by atoms with E-state index in [1.165, 1.54) is 12.8 Å². The van der Waals surface area contributed by atoms with Crippen LogP contribution in [0.4, 0.5) is 5.13 Å². The van der Waals surface area contributed by atoms with E-state index in [0.29, 0.717) is 12.0 Å². The lowest BCUT2D eigenvalue weighted by atomic mass is 9.99. The van der Waals surface area contributed by atoms with E-state index in [2.05, 4.69) is 33.8 Å². The van der Waals surface area contributed by atoms with Crippen LogP contribution >= 0.6 is 11.3 Å². The molecule has 0 unspecified atom stereocenters. The topological polar surface area (TPSA) is 52.5 Å². The number of hydrogen-bond donors (Lipinski definition) is 1. The molecule has 2 aliphatic rings. The Balaban J connectivity index is 1.54. The first-order valence-electron chi connectivity index (χ1n) is 7.14. The molecule has 19 heavy (non-hydrogen) atoms. The summed E-state index contributed by atoms with van der Waals surface area (Å²) in [5.74, 6) is 0.464. The molecule has 0 bridgehead atoms. The molecule has 0 aliphatic carbocycles. The summed E-state index contributed by atoms with van der Waals surface area (Å²) in [6.45, 7) is 8.16. The summed E-state index contributed by atoms with van der Waals surface area (Å²) in [6, 6.07) is 0.650. The fourth-order valence-corrected chi connectivity index (χ4v) is 3.69. The maximum atomic E-state index is 9.37. The summed E-state index contributed by atoms with van der Waals surface area (Å²) in [5.41, 5.74) is 0. The van der Waals surface area contributed by atoms with Crippen molar-refractivity contribution in [3.05, 3.63) is 5.01 Å². The van der Waals surface area contributed by atoms with Crippen LogP contribution in [0.2, 0.25) is 0 Å². The van der Waals surface area contributed by atoms with Crippen molar-refractivity contribution >= 4 is 16.5 Å². The molecule has 5 nitrogen and oxygen atoms in total. The summed E-state index contributed by atoms with van der Waals surface area (Å²) in [5, 5.41) is 20.2. The number of hydrogen-bond acceptors (Lipinski definition) is 6. The van der Waals surface area contributed by atoms with Crippen molar-refractivity contribution in [2.45, 2.75) is 44.8 Å². The Morgan fingerprint density at radius 1 is 1.21 bits per heavy atom. The van der Waals surface area contributed by atoms with Crippen LogP contribution in [0.5, 0.6) is 0 Å². The fourth-order valence-electron chi connectivity index (χ4n) is 2.80. The number of aliphatic hydroxyl groups excluding tert-OH is 1. The van der Waals surface area contributed by atoms with Gasteiger partial charge in [-0.15, -0.1) is 10.2 Å². The Morgan fingerprint density at radius 2 is 1.89 bits per heavy atom. The molecule has 0 spiro atoms. The number of anilines is 1. The zero-order chi connectivity index (χ0) is 13.4. The molecule has 1 N–H and O–H groups in total. The van der Waals surface area contributed by atoms with E-state index in [9.17, 15) is 5.11 Å². The standard InChI is InChI=1S/C13H22N4OS/c1-9(2)12-14-15-13(19-12)16-5-3-10(4-6-16)17-7-11(18)8-17/h9-11,18H,3-8H2,1-2H3. The van der Waals surface area contributed by atoms with E-state index in [1.54, 1.807) is 11.3 Å². The number of piperidine rings is 1. The number of aromatic nitrogens is 2. The monoisotopic (exact) mass is 282 g/mol. The SMILES string of the molecule is CC(C)c1nnc(N2CCC(N3CC(O)C3)CC2)s1. The summed E-state index contributed by atoms with van der Waals surface area (Å²) < 4.78 is 0. The van der Waals surface area contributed by atoms with Gasteiger partial charge in [-0.2, -0.15) is 0 Å². The minimum Gasteiger partial charge on any atom is -0.390 e. The van der Waals surface area contributed by atoms with Crippen molar-refractivity contribution in [1.82, 2.24) is 15.1 Å². The second-order valence-corrected chi connectivity index (χ2v) is 6.89. The third kappa shape index (κ3) is 2.75. The van der Waals surface area contributed by atoms with Crippen LogP contribution in [-0.4, -0.2) is 58.5 Å². The average molecular weight is 282 g/mol. The fraction of sp³-hybridized carbons (Fsp3) is 0.846. The third-order valence-corrected chi connectivity index (χ3v) is 5.35. The molecule has 2 fully saturated rings. The number of aliphatic hydroxyl groups is 1. The van der Waals surface area contributed by atoms with Crippen LogP contribution in [0, 0.1) is 0 Å². The largest absolute Gasteiger partial charge is 0.390 e. The first-order chi connectivity index (χ1) is 9.13. The van der Waals surface area contributed by atoms with E-state index in [4.69, 9.17) is 0 Å². The van der Waals surface area contributed by atoms with Gasteiger partial charge in [-0.05, 0) is 12.8 Å². The van der Waals surface area contributed by atoms with E-state index in [-0.39, 0.29) is 6.10 Å². The number of rotatable bonds is 3. The van der Waals surface area contributed by atoms with Gasteiger partial charge in [0.2, 0.25) is 5.13 Å². The van der Waals surface area contributed by atoms with Gasteiger partial charge in [-0.25, -0.2) is 0 Å². The lowest BCUT2D eigenvalue weighted by Crippen LogP contribution is -2.57. The Labute approximate surface area is 118 Å². The van der Waals surface area contributed by atoms with Crippen LogP contribution in [0.1, 0.15) is 37.6 Å². The zero-order valence-corrected chi connectivity index (χ0v) is 12.4. The van der Waals surface area contributed by atoms with Crippen molar-refractivity contribution < 1.29 is 5.11 Å². The molecule has 2 saturated heterocycles. The Morgan fingerprint density at radius 3 is 2.42 bits per heavy atom. The number of nitrogens with zero attached hydrogens (tertiary/aromatic N) is 4. The van der Waals surface area contributed by atoms with Gasteiger partial charge in [0.25, 0.3) is 0 Å². The van der Waals surface area contributed by atoms with Gasteiger partial charge in [0.15, 0.2) is 0 Å². The van der Waals surface area contributed by atoms with Crippen molar-refractivity contribution in [1.29, 1.82) is 0 Å². The van der Waals surface area contributed by atoms with Gasteiger partial charge in [0.05, 0.1) is 6.10 Å².